The van der Waals surface area contributed by atoms with Crippen LogP contribution < -0.4 is 0 Å². The lowest BCUT2D eigenvalue weighted by molar-refractivity contribution is 0.0363. The molecule has 2 aromatic rings. The Morgan fingerprint density at radius 3 is 2.42 bits per heavy atom. The van der Waals surface area contributed by atoms with Crippen molar-refractivity contribution in [1.82, 2.24) is 0 Å². The molecule has 0 aliphatic carbocycles. The van der Waals surface area contributed by atoms with Gasteiger partial charge in [0.15, 0.2) is 0 Å². The third-order valence-corrected chi connectivity index (χ3v) is 4.89. The van der Waals surface area contributed by atoms with E-state index in [1.54, 1.807) is 24.3 Å². The number of benzene rings is 2. The quantitative estimate of drug-likeness (QED) is 0.460. The summed E-state index contributed by atoms with van der Waals surface area (Å²) in [4.78, 5) is 21.9. The van der Waals surface area contributed by atoms with E-state index in [0.717, 1.165) is 24.0 Å². The van der Waals surface area contributed by atoms with Crippen LogP contribution in [0.2, 0.25) is 0 Å². The lowest BCUT2D eigenvalue weighted by atomic mass is 10.0. The van der Waals surface area contributed by atoms with Gasteiger partial charge in [0.25, 0.3) is 0 Å². The molecule has 0 radical (unpaired) electrons. The third kappa shape index (κ3) is 5.43. The second kappa shape index (κ2) is 10.1. The van der Waals surface area contributed by atoms with Crippen LogP contribution >= 0.6 is 15.9 Å². The second-order valence-corrected chi connectivity index (χ2v) is 6.97. The van der Waals surface area contributed by atoms with Crippen LogP contribution in [-0.2, 0) is 4.74 Å². The summed E-state index contributed by atoms with van der Waals surface area (Å²) in [6.45, 7) is 2.20. The fourth-order valence-corrected chi connectivity index (χ4v) is 3.28. The van der Waals surface area contributed by atoms with Crippen LogP contribution in [0.25, 0.3) is 0 Å². The van der Waals surface area contributed by atoms with Crippen molar-refractivity contribution in [3.63, 3.8) is 0 Å². The fourth-order valence-electron chi connectivity index (χ4n) is 2.83. The molecule has 1 N–H and O–H groups in total. The van der Waals surface area contributed by atoms with Gasteiger partial charge in [0.05, 0.1) is 11.1 Å². The lowest BCUT2D eigenvalue weighted by Gasteiger charge is -2.09. The number of carbonyl (C=O) groups is 2. The number of unbranched alkanes of at least 4 members (excludes halogenated alkanes) is 3. The highest BCUT2D eigenvalue weighted by atomic mass is 79.9. The number of fused-ring (bicyclic) bond motifs is 1. The standard InChI is InChI=1S/C14H18O2.C7H5BrO2/c1-2-3-4-5-10-13-11-8-6-7-9-12(11)14(15)16-13;8-6-4-2-1-3-5(6)7(9)10/h6-9,13H,2-5,10H2,1H3;1-4H,(H,9,10). The molecule has 1 unspecified atom stereocenters. The molecule has 26 heavy (non-hydrogen) atoms. The van der Waals surface area contributed by atoms with Gasteiger partial charge in [-0.1, -0.05) is 56.5 Å². The van der Waals surface area contributed by atoms with Gasteiger partial charge in [0.2, 0.25) is 0 Å². The zero-order valence-electron chi connectivity index (χ0n) is 14.8. The van der Waals surface area contributed by atoms with Crippen LogP contribution in [0.1, 0.15) is 71.4 Å². The molecule has 0 aromatic heterocycles. The largest absolute Gasteiger partial charge is 0.478 e. The van der Waals surface area contributed by atoms with Gasteiger partial charge in [0.1, 0.15) is 6.10 Å². The fraction of sp³-hybridized carbons (Fsp3) is 0.333. The molecular formula is C21H23BrO4. The minimum atomic E-state index is -0.910. The number of carboxylic acid groups (broad SMARTS) is 1. The van der Waals surface area contributed by atoms with E-state index in [0.29, 0.717) is 10.0 Å². The molecule has 0 bridgehead atoms. The Morgan fingerprint density at radius 1 is 1.08 bits per heavy atom. The maximum Gasteiger partial charge on any atom is 0.339 e. The van der Waals surface area contributed by atoms with Crippen molar-refractivity contribution in [3.05, 3.63) is 69.7 Å². The molecular weight excluding hydrogens is 396 g/mol. The molecule has 0 fully saturated rings. The molecule has 1 atom stereocenters. The van der Waals surface area contributed by atoms with Gasteiger partial charge in [-0.25, -0.2) is 9.59 Å². The Hall–Kier alpha value is -2.14. The predicted octanol–water partition coefficient (Wildman–Crippen LogP) is 6.02. The van der Waals surface area contributed by atoms with Crippen molar-refractivity contribution >= 4 is 27.9 Å². The van der Waals surface area contributed by atoms with Gasteiger partial charge < -0.3 is 9.84 Å². The Labute approximate surface area is 162 Å². The maximum absolute atomic E-state index is 11.5. The van der Waals surface area contributed by atoms with Gasteiger partial charge in [-0.3, -0.25) is 0 Å². The van der Waals surface area contributed by atoms with E-state index in [-0.39, 0.29) is 12.1 Å². The van der Waals surface area contributed by atoms with Crippen molar-refractivity contribution in [1.29, 1.82) is 0 Å². The summed E-state index contributed by atoms with van der Waals surface area (Å²) in [5.41, 5.74) is 2.12. The van der Waals surface area contributed by atoms with E-state index in [1.165, 1.54) is 19.3 Å². The highest BCUT2D eigenvalue weighted by molar-refractivity contribution is 9.10. The molecule has 1 aliphatic rings. The highest BCUT2D eigenvalue weighted by Crippen LogP contribution is 2.33. The van der Waals surface area contributed by atoms with Crippen molar-refractivity contribution < 1.29 is 19.4 Å². The van der Waals surface area contributed by atoms with Gasteiger partial charge in [-0.2, -0.15) is 0 Å². The van der Waals surface area contributed by atoms with Crippen molar-refractivity contribution in [3.8, 4) is 0 Å². The minimum Gasteiger partial charge on any atom is -0.478 e. The Bertz CT molecular complexity index is 757. The molecule has 2 aromatic carbocycles. The summed E-state index contributed by atoms with van der Waals surface area (Å²) in [5, 5.41) is 8.54. The number of hydrogen-bond donors (Lipinski definition) is 1. The van der Waals surface area contributed by atoms with Crippen LogP contribution in [0, 0.1) is 0 Å². The van der Waals surface area contributed by atoms with E-state index in [2.05, 4.69) is 22.9 Å². The number of hydrogen-bond acceptors (Lipinski definition) is 3. The topological polar surface area (TPSA) is 63.6 Å². The number of esters is 1. The molecule has 0 saturated heterocycles. The first-order valence-electron chi connectivity index (χ1n) is 8.82. The highest BCUT2D eigenvalue weighted by Gasteiger charge is 2.29. The predicted molar refractivity (Wildman–Crippen MR) is 104 cm³/mol. The number of carbonyl (C=O) groups excluding carboxylic acids is 1. The van der Waals surface area contributed by atoms with Crippen molar-refractivity contribution in [2.75, 3.05) is 0 Å². The first kappa shape index (κ1) is 20.2. The smallest absolute Gasteiger partial charge is 0.339 e. The Kier molecular flexibility index (Phi) is 7.85. The van der Waals surface area contributed by atoms with Gasteiger partial charge >= 0.3 is 11.9 Å². The van der Waals surface area contributed by atoms with Crippen LogP contribution in [0.15, 0.2) is 53.0 Å². The van der Waals surface area contributed by atoms with Crippen molar-refractivity contribution in [2.24, 2.45) is 0 Å². The van der Waals surface area contributed by atoms with E-state index in [1.807, 2.05) is 24.3 Å². The number of carboxylic acids is 1. The number of rotatable bonds is 6. The lowest BCUT2D eigenvalue weighted by Crippen LogP contribution is -1.98. The molecule has 138 valence electrons. The average molecular weight is 419 g/mol. The molecule has 0 spiro atoms. The molecule has 5 heteroatoms. The second-order valence-electron chi connectivity index (χ2n) is 6.12. The van der Waals surface area contributed by atoms with Gasteiger partial charge in [-0.05, 0) is 47.0 Å². The van der Waals surface area contributed by atoms with Gasteiger partial charge in [0, 0.05) is 10.0 Å². The van der Waals surface area contributed by atoms with Crippen LogP contribution in [0.5, 0.6) is 0 Å². The normalized spacial score (nSPS) is 14.8. The SMILES string of the molecule is CCCCCCC1OC(=O)c2ccccc21.O=C(O)c1ccccc1Br. The summed E-state index contributed by atoms with van der Waals surface area (Å²) in [7, 11) is 0. The van der Waals surface area contributed by atoms with Gasteiger partial charge in [-0.15, -0.1) is 0 Å². The summed E-state index contributed by atoms with van der Waals surface area (Å²) in [6, 6.07) is 14.4. The summed E-state index contributed by atoms with van der Waals surface area (Å²) < 4.78 is 5.99. The summed E-state index contributed by atoms with van der Waals surface area (Å²) in [5.74, 6) is -1.07. The first-order valence-corrected chi connectivity index (χ1v) is 9.61. The molecule has 4 nitrogen and oxygen atoms in total. The zero-order chi connectivity index (χ0) is 18.9. The first-order chi connectivity index (χ1) is 12.5. The number of halogens is 1. The minimum absolute atomic E-state index is 0.000515. The van der Waals surface area contributed by atoms with E-state index in [4.69, 9.17) is 9.84 Å². The molecule has 0 saturated carbocycles. The number of aromatic carboxylic acids is 1. The average Bonchev–Trinajstić information content (AvgIpc) is 2.96. The third-order valence-electron chi connectivity index (χ3n) is 4.20. The van der Waals surface area contributed by atoms with Crippen LogP contribution in [0.4, 0.5) is 0 Å². The van der Waals surface area contributed by atoms with Crippen LogP contribution in [0.3, 0.4) is 0 Å². The van der Waals surface area contributed by atoms with E-state index in [9.17, 15) is 9.59 Å². The maximum atomic E-state index is 11.5. The summed E-state index contributed by atoms with van der Waals surface area (Å²) in [6.07, 6.45) is 5.83. The Morgan fingerprint density at radius 2 is 1.77 bits per heavy atom. The molecule has 3 rings (SSSR count). The Balaban J connectivity index is 0.000000209. The molecule has 1 heterocycles. The summed E-state index contributed by atoms with van der Waals surface area (Å²) >= 11 is 3.12. The molecule has 0 amide bonds. The zero-order valence-corrected chi connectivity index (χ0v) is 16.4. The number of ether oxygens (including phenoxy) is 1. The molecule has 1 aliphatic heterocycles. The monoisotopic (exact) mass is 418 g/mol. The van der Waals surface area contributed by atoms with Crippen molar-refractivity contribution in [2.45, 2.75) is 45.1 Å². The number of cyclic esters (lactones) is 1. The van der Waals surface area contributed by atoms with E-state index < -0.39 is 5.97 Å². The van der Waals surface area contributed by atoms with E-state index >= 15 is 0 Å². The van der Waals surface area contributed by atoms with Crippen LogP contribution in [-0.4, -0.2) is 17.0 Å².